The zero-order valence-corrected chi connectivity index (χ0v) is 11.8. The van der Waals surface area contributed by atoms with E-state index >= 15 is 0 Å². The zero-order valence-electron chi connectivity index (χ0n) is 11.8. The zero-order chi connectivity index (χ0) is 13.7. The van der Waals surface area contributed by atoms with Crippen LogP contribution >= 0.6 is 0 Å². The first-order valence-corrected chi connectivity index (χ1v) is 6.92. The number of piperazine rings is 1. The summed E-state index contributed by atoms with van der Waals surface area (Å²) in [4.78, 5) is 16.3. The van der Waals surface area contributed by atoms with E-state index in [-0.39, 0.29) is 11.9 Å². The molecule has 1 N–H and O–H groups in total. The van der Waals surface area contributed by atoms with Crippen LogP contribution in [-0.4, -0.2) is 55.5 Å². The van der Waals surface area contributed by atoms with Gasteiger partial charge in [0.25, 0.3) is 0 Å². The number of hydrogen-bond acceptors (Lipinski definition) is 3. The Hall–Kier alpha value is -1.39. The fourth-order valence-electron chi connectivity index (χ4n) is 2.35. The maximum atomic E-state index is 12.2. The third kappa shape index (κ3) is 3.78. The normalized spacial score (nSPS) is 17.5. The van der Waals surface area contributed by atoms with Gasteiger partial charge in [-0.3, -0.25) is 9.69 Å². The molecule has 2 rings (SSSR count). The molecular weight excluding hydrogens is 238 g/mol. The molecule has 1 heterocycles. The van der Waals surface area contributed by atoms with Gasteiger partial charge in [-0.15, -0.1) is 0 Å². The first-order chi connectivity index (χ1) is 9.18. The SMILES string of the molecule is C[C@@H](c1ccccc1)N(C)CC(=O)N1CCNCC1. The van der Waals surface area contributed by atoms with E-state index in [2.05, 4.69) is 29.3 Å². The van der Waals surface area contributed by atoms with Gasteiger partial charge in [0.2, 0.25) is 5.91 Å². The Kier molecular flexibility index (Phi) is 4.93. The molecule has 0 unspecified atom stereocenters. The van der Waals surface area contributed by atoms with E-state index in [1.165, 1.54) is 5.56 Å². The van der Waals surface area contributed by atoms with Crippen LogP contribution in [0.3, 0.4) is 0 Å². The largest absolute Gasteiger partial charge is 0.339 e. The molecule has 1 fully saturated rings. The third-order valence-electron chi connectivity index (χ3n) is 3.80. The molecule has 1 aliphatic heterocycles. The minimum Gasteiger partial charge on any atom is -0.339 e. The molecule has 0 spiro atoms. The van der Waals surface area contributed by atoms with E-state index in [9.17, 15) is 4.79 Å². The maximum absolute atomic E-state index is 12.2. The Bertz CT molecular complexity index is 401. The van der Waals surface area contributed by atoms with Crippen LogP contribution < -0.4 is 5.32 Å². The van der Waals surface area contributed by atoms with Crippen molar-refractivity contribution in [3.63, 3.8) is 0 Å². The van der Waals surface area contributed by atoms with Crippen LogP contribution in [0.25, 0.3) is 0 Å². The summed E-state index contributed by atoms with van der Waals surface area (Å²) in [7, 11) is 2.01. The highest BCUT2D eigenvalue weighted by Crippen LogP contribution is 2.17. The summed E-state index contributed by atoms with van der Waals surface area (Å²) < 4.78 is 0. The third-order valence-corrected chi connectivity index (χ3v) is 3.80. The Morgan fingerprint density at radius 2 is 1.95 bits per heavy atom. The van der Waals surface area contributed by atoms with Crippen LogP contribution in [0, 0.1) is 0 Å². The van der Waals surface area contributed by atoms with Crippen LogP contribution in [-0.2, 0) is 4.79 Å². The van der Waals surface area contributed by atoms with Gasteiger partial charge >= 0.3 is 0 Å². The lowest BCUT2D eigenvalue weighted by molar-refractivity contribution is -0.133. The highest BCUT2D eigenvalue weighted by Gasteiger charge is 2.20. The summed E-state index contributed by atoms with van der Waals surface area (Å²) >= 11 is 0. The van der Waals surface area contributed by atoms with Gasteiger partial charge in [0.15, 0.2) is 0 Å². The molecule has 0 aromatic heterocycles. The van der Waals surface area contributed by atoms with Crippen LogP contribution in [0.4, 0.5) is 0 Å². The predicted molar refractivity (Wildman–Crippen MR) is 76.9 cm³/mol. The molecule has 104 valence electrons. The second-order valence-corrected chi connectivity index (χ2v) is 5.13. The van der Waals surface area contributed by atoms with Crippen molar-refractivity contribution in [1.82, 2.24) is 15.1 Å². The summed E-state index contributed by atoms with van der Waals surface area (Å²) in [6, 6.07) is 10.6. The van der Waals surface area contributed by atoms with E-state index in [1.807, 2.05) is 30.1 Å². The summed E-state index contributed by atoms with van der Waals surface area (Å²) in [6.07, 6.45) is 0. The second-order valence-electron chi connectivity index (χ2n) is 5.13. The van der Waals surface area contributed by atoms with Crippen LogP contribution in [0.2, 0.25) is 0 Å². The summed E-state index contributed by atoms with van der Waals surface area (Å²) in [5.41, 5.74) is 1.25. The van der Waals surface area contributed by atoms with Gasteiger partial charge in [-0.05, 0) is 19.5 Å². The van der Waals surface area contributed by atoms with Gasteiger partial charge in [-0.1, -0.05) is 30.3 Å². The van der Waals surface area contributed by atoms with Crippen molar-refractivity contribution in [2.45, 2.75) is 13.0 Å². The highest BCUT2D eigenvalue weighted by molar-refractivity contribution is 5.78. The maximum Gasteiger partial charge on any atom is 0.236 e. The topological polar surface area (TPSA) is 35.6 Å². The Labute approximate surface area is 115 Å². The molecule has 1 aromatic rings. The lowest BCUT2D eigenvalue weighted by atomic mass is 10.1. The lowest BCUT2D eigenvalue weighted by Crippen LogP contribution is -2.49. The molecule has 4 heteroatoms. The van der Waals surface area contributed by atoms with Crippen molar-refractivity contribution < 1.29 is 4.79 Å². The summed E-state index contributed by atoms with van der Waals surface area (Å²) in [5.74, 6) is 0.229. The minimum absolute atomic E-state index is 0.229. The Morgan fingerprint density at radius 1 is 1.32 bits per heavy atom. The molecule has 0 aliphatic carbocycles. The van der Waals surface area contributed by atoms with Gasteiger partial charge in [-0.25, -0.2) is 0 Å². The highest BCUT2D eigenvalue weighted by atomic mass is 16.2. The predicted octanol–water partition coefficient (Wildman–Crippen LogP) is 1.11. The van der Waals surface area contributed by atoms with E-state index < -0.39 is 0 Å². The number of likely N-dealkylation sites (N-methyl/N-ethyl adjacent to an activating group) is 1. The first kappa shape index (κ1) is 14.0. The summed E-state index contributed by atoms with van der Waals surface area (Å²) in [6.45, 7) is 6.09. The molecule has 1 amide bonds. The number of nitrogens with one attached hydrogen (secondary N) is 1. The van der Waals surface area contributed by atoms with Crippen molar-refractivity contribution in [1.29, 1.82) is 0 Å². The van der Waals surface area contributed by atoms with Crippen molar-refractivity contribution in [3.8, 4) is 0 Å². The number of hydrogen-bond donors (Lipinski definition) is 1. The molecule has 1 atom stereocenters. The molecule has 0 bridgehead atoms. The first-order valence-electron chi connectivity index (χ1n) is 6.92. The van der Waals surface area contributed by atoms with Gasteiger partial charge in [0.1, 0.15) is 0 Å². The quantitative estimate of drug-likeness (QED) is 0.882. The van der Waals surface area contributed by atoms with Crippen LogP contribution in [0.1, 0.15) is 18.5 Å². The Morgan fingerprint density at radius 3 is 2.58 bits per heavy atom. The van der Waals surface area contributed by atoms with E-state index in [4.69, 9.17) is 0 Å². The monoisotopic (exact) mass is 261 g/mol. The number of benzene rings is 1. The van der Waals surface area contributed by atoms with Crippen molar-refractivity contribution in [3.05, 3.63) is 35.9 Å². The number of carbonyl (C=O) groups excluding carboxylic acids is 1. The fraction of sp³-hybridized carbons (Fsp3) is 0.533. The molecule has 0 radical (unpaired) electrons. The summed E-state index contributed by atoms with van der Waals surface area (Å²) in [5, 5.41) is 3.26. The van der Waals surface area contributed by atoms with Crippen molar-refractivity contribution in [2.75, 3.05) is 39.8 Å². The lowest BCUT2D eigenvalue weighted by Gasteiger charge is -2.31. The van der Waals surface area contributed by atoms with Gasteiger partial charge in [0, 0.05) is 32.2 Å². The van der Waals surface area contributed by atoms with Gasteiger partial charge in [0.05, 0.1) is 6.54 Å². The smallest absolute Gasteiger partial charge is 0.236 e. The van der Waals surface area contributed by atoms with Crippen LogP contribution in [0.15, 0.2) is 30.3 Å². The molecule has 1 aromatic carbocycles. The van der Waals surface area contributed by atoms with E-state index in [0.29, 0.717) is 6.54 Å². The number of carbonyl (C=O) groups is 1. The van der Waals surface area contributed by atoms with Gasteiger partial charge in [-0.2, -0.15) is 0 Å². The second kappa shape index (κ2) is 6.68. The van der Waals surface area contributed by atoms with Crippen molar-refractivity contribution in [2.24, 2.45) is 0 Å². The molecule has 0 saturated carbocycles. The van der Waals surface area contributed by atoms with Crippen LogP contribution in [0.5, 0.6) is 0 Å². The number of amides is 1. The molecular formula is C15H23N3O. The minimum atomic E-state index is 0.229. The molecule has 1 aliphatic rings. The molecule has 1 saturated heterocycles. The average Bonchev–Trinajstić information content (AvgIpc) is 2.48. The Balaban J connectivity index is 1.89. The number of nitrogens with zero attached hydrogens (tertiary/aromatic N) is 2. The molecule has 19 heavy (non-hydrogen) atoms. The van der Waals surface area contributed by atoms with Crippen molar-refractivity contribution >= 4 is 5.91 Å². The van der Waals surface area contributed by atoms with Gasteiger partial charge < -0.3 is 10.2 Å². The number of rotatable bonds is 4. The van der Waals surface area contributed by atoms with E-state index in [0.717, 1.165) is 26.2 Å². The van der Waals surface area contributed by atoms with E-state index in [1.54, 1.807) is 0 Å². The molecule has 4 nitrogen and oxygen atoms in total. The standard InChI is InChI=1S/C15H23N3O/c1-13(14-6-4-3-5-7-14)17(2)12-15(19)18-10-8-16-9-11-18/h3-7,13,16H,8-12H2,1-2H3/t13-/m0/s1. The fourth-order valence-corrected chi connectivity index (χ4v) is 2.35. The average molecular weight is 261 g/mol.